The maximum absolute atomic E-state index is 10.9. The van der Waals surface area contributed by atoms with Crippen molar-refractivity contribution >= 4 is 34.0 Å². The molecule has 2 aromatic heterocycles. The van der Waals surface area contributed by atoms with E-state index in [1.165, 1.54) is 29.4 Å². The van der Waals surface area contributed by atoms with Gasteiger partial charge in [0, 0.05) is 13.6 Å². The second-order valence-corrected chi connectivity index (χ2v) is 6.21. The average Bonchev–Trinajstić information content (AvgIpc) is 2.99. The number of imidazole rings is 1. The molecule has 0 aromatic carbocycles. The van der Waals surface area contributed by atoms with Crippen LogP contribution in [0.25, 0.3) is 0 Å². The zero-order chi connectivity index (χ0) is 14.5. The minimum Gasteiger partial charge on any atom is -0.360 e. The molecule has 2 heterocycles. The van der Waals surface area contributed by atoms with Crippen LogP contribution in [0.5, 0.6) is 0 Å². The van der Waals surface area contributed by atoms with Gasteiger partial charge in [-0.1, -0.05) is 24.7 Å². The van der Waals surface area contributed by atoms with Crippen molar-refractivity contribution in [2.45, 2.75) is 29.1 Å². The van der Waals surface area contributed by atoms with Crippen LogP contribution in [0, 0.1) is 10.1 Å². The zero-order valence-corrected chi connectivity index (χ0v) is 12.7. The normalized spacial score (nSPS) is 10.7. The van der Waals surface area contributed by atoms with Crippen molar-refractivity contribution < 1.29 is 4.92 Å². The van der Waals surface area contributed by atoms with E-state index >= 15 is 0 Å². The largest absolute Gasteiger partial charge is 0.396 e. The van der Waals surface area contributed by atoms with Gasteiger partial charge in [-0.3, -0.25) is 0 Å². The van der Waals surface area contributed by atoms with Crippen molar-refractivity contribution in [1.82, 2.24) is 19.7 Å². The van der Waals surface area contributed by atoms with Crippen molar-refractivity contribution in [3.63, 3.8) is 0 Å². The van der Waals surface area contributed by atoms with Gasteiger partial charge in [0.25, 0.3) is 0 Å². The van der Waals surface area contributed by atoms with Crippen LogP contribution in [-0.2, 0) is 7.05 Å². The molecule has 0 aliphatic carbocycles. The molecule has 108 valence electrons. The van der Waals surface area contributed by atoms with Crippen LogP contribution in [0.15, 0.2) is 15.7 Å². The molecule has 2 rings (SSSR count). The van der Waals surface area contributed by atoms with Gasteiger partial charge in [-0.05, 0) is 28.1 Å². The molecule has 0 aliphatic heterocycles. The summed E-state index contributed by atoms with van der Waals surface area (Å²) in [6.45, 7) is 2.96. The molecular weight excluding hydrogens is 300 g/mol. The lowest BCUT2D eigenvalue weighted by molar-refractivity contribution is -0.392. The number of aromatic nitrogens is 4. The Morgan fingerprint density at radius 2 is 2.35 bits per heavy atom. The van der Waals surface area contributed by atoms with E-state index in [4.69, 9.17) is 0 Å². The Labute approximate surface area is 123 Å². The lowest BCUT2D eigenvalue weighted by Crippen LogP contribution is -1.99. The summed E-state index contributed by atoms with van der Waals surface area (Å²) in [5.74, 6) is -0.159. The van der Waals surface area contributed by atoms with E-state index in [1.807, 2.05) is 0 Å². The maximum Gasteiger partial charge on any atom is 0.396 e. The van der Waals surface area contributed by atoms with E-state index < -0.39 is 4.92 Å². The molecule has 0 saturated heterocycles. The standard InChI is InChI=1S/C10H14N6O2S2/c1-3-4-5-11-9-13-14-10(20-9)19-8-7(16(17)18)12-6-15(8)2/h6H,3-5H2,1-2H3,(H,11,13). The van der Waals surface area contributed by atoms with Crippen molar-refractivity contribution in [3.8, 4) is 0 Å². The number of rotatable bonds is 7. The third-order valence-corrected chi connectivity index (χ3v) is 4.53. The van der Waals surface area contributed by atoms with Gasteiger partial charge in [0.15, 0.2) is 9.37 Å². The molecular formula is C10H14N6O2S2. The van der Waals surface area contributed by atoms with E-state index in [-0.39, 0.29) is 5.82 Å². The molecule has 2 aromatic rings. The Hall–Kier alpha value is -1.68. The quantitative estimate of drug-likeness (QED) is 0.476. The molecule has 0 atom stereocenters. The van der Waals surface area contributed by atoms with Gasteiger partial charge in [0.2, 0.25) is 11.5 Å². The van der Waals surface area contributed by atoms with Crippen LogP contribution in [0.3, 0.4) is 0 Å². The number of nitrogens with zero attached hydrogens (tertiary/aromatic N) is 5. The Kier molecular flexibility index (Phi) is 4.90. The van der Waals surface area contributed by atoms with Gasteiger partial charge < -0.3 is 20.0 Å². The summed E-state index contributed by atoms with van der Waals surface area (Å²) in [6.07, 6.45) is 3.59. The molecule has 0 amide bonds. The van der Waals surface area contributed by atoms with Gasteiger partial charge in [-0.25, -0.2) is 0 Å². The highest BCUT2D eigenvalue weighted by molar-refractivity contribution is 8.01. The van der Waals surface area contributed by atoms with Crippen LogP contribution >= 0.6 is 23.1 Å². The summed E-state index contributed by atoms with van der Waals surface area (Å²) in [4.78, 5) is 14.1. The summed E-state index contributed by atoms with van der Waals surface area (Å²) in [5.41, 5.74) is 0. The average molecular weight is 314 g/mol. The Morgan fingerprint density at radius 3 is 3.05 bits per heavy atom. The fourth-order valence-corrected chi connectivity index (χ4v) is 3.23. The first-order valence-corrected chi connectivity index (χ1v) is 7.66. The second-order valence-electron chi connectivity index (χ2n) is 4.00. The minimum atomic E-state index is -0.496. The van der Waals surface area contributed by atoms with Crippen LogP contribution in [-0.4, -0.2) is 31.2 Å². The maximum atomic E-state index is 10.9. The lowest BCUT2D eigenvalue weighted by atomic mass is 10.3. The van der Waals surface area contributed by atoms with E-state index in [0.29, 0.717) is 9.37 Å². The molecule has 0 spiro atoms. The van der Waals surface area contributed by atoms with E-state index in [9.17, 15) is 10.1 Å². The third kappa shape index (κ3) is 3.45. The molecule has 0 aliphatic rings. The fourth-order valence-electron chi connectivity index (χ4n) is 1.43. The number of nitro groups is 1. The molecule has 0 saturated carbocycles. The first-order valence-electron chi connectivity index (χ1n) is 6.02. The van der Waals surface area contributed by atoms with Crippen LogP contribution in [0.1, 0.15) is 19.8 Å². The highest BCUT2D eigenvalue weighted by Gasteiger charge is 2.22. The highest BCUT2D eigenvalue weighted by atomic mass is 32.2. The van der Waals surface area contributed by atoms with Crippen molar-refractivity contribution in [1.29, 1.82) is 0 Å². The number of aryl methyl sites for hydroxylation is 1. The molecule has 1 N–H and O–H groups in total. The van der Waals surface area contributed by atoms with E-state index in [1.54, 1.807) is 11.6 Å². The number of anilines is 1. The summed E-state index contributed by atoms with van der Waals surface area (Å²) < 4.78 is 2.25. The molecule has 0 fully saturated rings. The van der Waals surface area contributed by atoms with Gasteiger partial charge in [0.1, 0.15) is 0 Å². The molecule has 10 heteroatoms. The molecule has 8 nitrogen and oxygen atoms in total. The number of hydrogen-bond acceptors (Lipinski definition) is 8. The third-order valence-electron chi connectivity index (χ3n) is 2.43. The summed E-state index contributed by atoms with van der Waals surface area (Å²) in [5, 5.41) is 23.3. The van der Waals surface area contributed by atoms with Gasteiger partial charge in [-0.2, -0.15) is 0 Å². The number of unbranched alkanes of at least 4 members (excludes halogenated alkanes) is 1. The summed E-state index contributed by atoms with van der Waals surface area (Å²) >= 11 is 2.58. The number of nitrogens with one attached hydrogen (secondary N) is 1. The van der Waals surface area contributed by atoms with E-state index in [2.05, 4.69) is 27.4 Å². The van der Waals surface area contributed by atoms with Gasteiger partial charge in [-0.15, -0.1) is 10.2 Å². The minimum absolute atomic E-state index is 0.159. The molecule has 0 radical (unpaired) electrons. The molecule has 20 heavy (non-hydrogen) atoms. The predicted octanol–water partition coefficient (Wildman–Crippen LogP) is 2.54. The van der Waals surface area contributed by atoms with Gasteiger partial charge in [0.05, 0.1) is 0 Å². The highest BCUT2D eigenvalue weighted by Crippen LogP contribution is 2.36. The summed E-state index contributed by atoms with van der Waals surface area (Å²) in [7, 11) is 1.71. The second kappa shape index (κ2) is 6.66. The van der Waals surface area contributed by atoms with E-state index in [0.717, 1.165) is 24.5 Å². The first kappa shape index (κ1) is 14.7. The Balaban J connectivity index is 2.07. The lowest BCUT2D eigenvalue weighted by Gasteiger charge is -1.98. The predicted molar refractivity (Wildman–Crippen MR) is 77.3 cm³/mol. The Bertz CT molecular complexity index is 596. The van der Waals surface area contributed by atoms with Crippen molar-refractivity contribution in [3.05, 3.63) is 16.4 Å². The number of hydrogen-bond donors (Lipinski definition) is 1. The fraction of sp³-hybridized carbons (Fsp3) is 0.500. The topological polar surface area (TPSA) is 98.8 Å². The smallest absolute Gasteiger partial charge is 0.360 e. The zero-order valence-electron chi connectivity index (χ0n) is 11.1. The van der Waals surface area contributed by atoms with Gasteiger partial charge >= 0.3 is 5.82 Å². The molecule has 0 unspecified atom stereocenters. The van der Waals surface area contributed by atoms with Crippen LogP contribution in [0.2, 0.25) is 0 Å². The first-order chi connectivity index (χ1) is 9.61. The summed E-state index contributed by atoms with van der Waals surface area (Å²) in [6, 6.07) is 0. The molecule has 0 bridgehead atoms. The SMILES string of the molecule is CCCCNc1nnc(Sc2c([N+](=O)[O-])ncn2C)s1. The monoisotopic (exact) mass is 314 g/mol. The van der Waals surface area contributed by atoms with Crippen LogP contribution in [0.4, 0.5) is 10.9 Å². The Morgan fingerprint density at radius 1 is 1.55 bits per heavy atom. The van der Waals surface area contributed by atoms with Crippen molar-refractivity contribution in [2.24, 2.45) is 7.05 Å². The van der Waals surface area contributed by atoms with Crippen molar-refractivity contribution in [2.75, 3.05) is 11.9 Å². The van der Waals surface area contributed by atoms with Crippen LogP contribution < -0.4 is 5.32 Å².